The number of hydrogen-bond donors (Lipinski definition) is 0. The molecule has 0 radical (unpaired) electrons. The first-order valence-electron chi connectivity index (χ1n) is 21.5. The summed E-state index contributed by atoms with van der Waals surface area (Å²) in [7, 11) is 0. The van der Waals surface area contributed by atoms with Crippen LogP contribution in [0.15, 0.2) is 237 Å². The Kier molecular flexibility index (Phi) is 8.72. The molecule has 0 fully saturated rings. The predicted octanol–water partition coefficient (Wildman–Crippen LogP) is 14.9. The van der Waals surface area contributed by atoms with Crippen LogP contribution in [0.2, 0.25) is 0 Å². The average molecular weight is 802 g/mol. The van der Waals surface area contributed by atoms with E-state index in [2.05, 4.69) is 205 Å². The molecule has 0 saturated carbocycles. The topological polar surface area (TPSA) is 38.7 Å². The SMILES string of the molecule is c1ccc(-c2nc(-c3cccc(-c4cccnc4)c3)cc(-c3ccc(-c4ccc5c(c4)-c4cc6ccccc6cc4C5(c4ccccc4)c4ccccc4)c4ccccc34)n2)cc1. The van der Waals surface area contributed by atoms with E-state index >= 15 is 0 Å². The highest BCUT2D eigenvalue weighted by Crippen LogP contribution is 2.57. The van der Waals surface area contributed by atoms with Gasteiger partial charge < -0.3 is 0 Å². The molecule has 294 valence electrons. The van der Waals surface area contributed by atoms with Crippen LogP contribution in [0, 0.1) is 0 Å². The summed E-state index contributed by atoms with van der Waals surface area (Å²) in [6.07, 6.45) is 3.71. The van der Waals surface area contributed by atoms with Gasteiger partial charge in [0, 0.05) is 34.6 Å². The molecule has 2 aromatic heterocycles. The van der Waals surface area contributed by atoms with Crippen molar-refractivity contribution in [3.8, 4) is 67.3 Å². The van der Waals surface area contributed by atoms with Gasteiger partial charge in [0.25, 0.3) is 0 Å². The van der Waals surface area contributed by atoms with Gasteiger partial charge in [-0.1, -0.05) is 188 Å². The molecule has 3 nitrogen and oxygen atoms in total. The average Bonchev–Trinajstić information content (AvgIpc) is 3.65. The standard InChI is InChI=1S/C60H39N3/c1-4-16-40(17-5-1)59-62-57(45-21-14-20-41(34-45)46-22-15-33-61-39-46)38-58(63-59)52-31-30-49(50-27-12-13-28-51(50)52)44-29-32-55-53(36-44)54-35-42-18-10-11-19-43(42)37-56(54)60(55,47-23-6-2-7-24-47)48-25-8-3-9-26-48/h1-39H. The van der Waals surface area contributed by atoms with E-state index in [9.17, 15) is 0 Å². The molecule has 11 aromatic rings. The molecule has 1 aliphatic rings. The number of pyridine rings is 1. The summed E-state index contributed by atoms with van der Waals surface area (Å²) < 4.78 is 0. The molecular formula is C60H39N3. The summed E-state index contributed by atoms with van der Waals surface area (Å²) in [6.45, 7) is 0. The van der Waals surface area contributed by atoms with E-state index in [4.69, 9.17) is 9.97 Å². The van der Waals surface area contributed by atoms with E-state index < -0.39 is 5.41 Å². The zero-order chi connectivity index (χ0) is 41.7. The first-order valence-corrected chi connectivity index (χ1v) is 21.5. The van der Waals surface area contributed by atoms with Gasteiger partial charge in [-0.25, -0.2) is 9.97 Å². The van der Waals surface area contributed by atoms with Crippen LogP contribution in [-0.4, -0.2) is 15.0 Å². The van der Waals surface area contributed by atoms with Crippen LogP contribution in [0.1, 0.15) is 22.3 Å². The minimum atomic E-state index is -0.486. The van der Waals surface area contributed by atoms with Crippen LogP contribution in [0.4, 0.5) is 0 Å². The van der Waals surface area contributed by atoms with Crippen molar-refractivity contribution < 1.29 is 0 Å². The van der Waals surface area contributed by atoms with Gasteiger partial charge in [0.15, 0.2) is 5.82 Å². The van der Waals surface area contributed by atoms with Crippen LogP contribution in [0.25, 0.3) is 88.8 Å². The van der Waals surface area contributed by atoms with E-state index in [1.165, 1.54) is 60.7 Å². The van der Waals surface area contributed by atoms with Crippen molar-refractivity contribution in [2.75, 3.05) is 0 Å². The molecule has 0 N–H and O–H groups in total. The largest absolute Gasteiger partial charge is 0.264 e. The zero-order valence-corrected chi connectivity index (χ0v) is 34.4. The highest BCUT2D eigenvalue weighted by molar-refractivity contribution is 6.06. The van der Waals surface area contributed by atoms with Crippen LogP contribution in [-0.2, 0) is 5.41 Å². The maximum Gasteiger partial charge on any atom is 0.160 e. The maximum atomic E-state index is 5.28. The maximum absolute atomic E-state index is 5.28. The second-order valence-corrected chi connectivity index (χ2v) is 16.3. The molecule has 63 heavy (non-hydrogen) atoms. The van der Waals surface area contributed by atoms with Crippen LogP contribution in [0.5, 0.6) is 0 Å². The smallest absolute Gasteiger partial charge is 0.160 e. The fourth-order valence-electron chi connectivity index (χ4n) is 9.96. The van der Waals surface area contributed by atoms with Gasteiger partial charge in [0.1, 0.15) is 0 Å². The summed E-state index contributed by atoms with van der Waals surface area (Å²) in [5.41, 5.74) is 16.5. The van der Waals surface area contributed by atoms with Gasteiger partial charge in [-0.05, 0) is 108 Å². The monoisotopic (exact) mass is 801 g/mol. The number of nitrogens with zero attached hydrogens (tertiary/aromatic N) is 3. The molecule has 0 saturated heterocycles. The Hall–Kier alpha value is -8.27. The minimum Gasteiger partial charge on any atom is -0.264 e. The molecule has 3 heteroatoms. The molecule has 12 rings (SSSR count). The lowest BCUT2D eigenvalue weighted by Crippen LogP contribution is -2.28. The van der Waals surface area contributed by atoms with Crippen molar-refractivity contribution in [2.45, 2.75) is 5.41 Å². The van der Waals surface area contributed by atoms with Crippen molar-refractivity contribution in [3.05, 3.63) is 259 Å². The highest BCUT2D eigenvalue weighted by atomic mass is 14.9. The molecule has 1 aliphatic carbocycles. The normalized spacial score (nSPS) is 12.6. The molecule has 0 bridgehead atoms. The summed E-state index contributed by atoms with van der Waals surface area (Å²) >= 11 is 0. The van der Waals surface area contributed by atoms with Gasteiger partial charge in [0.05, 0.1) is 16.8 Å². The van der Waals surface area contributed by atoms with Gasteiger partial charge in [-0.2, -0.15) is 0 Å². The Morgan fingerprint density at radius 3 is 1.63 bits per heavy atom. The van der Waals surface area contributed by atoms with Crippen LogP contribution < -0.4 is 0 Å². The second-order valence-electron chi connectivity index (χ2n) is 16.3. The fraction of sp³-hybridized carbons (Fsp3) is 0.0167. The minimum absolute atomic E-state index is 0.486. The quantitative estimate of drug-likeness (QED) is 0.161. The van der Waals surface area contributed by atoms with Crippen molar-refractivity contribution in [3.63, 3.8) is 0 Å². The van der Waals surface area contributed by atoms with Crippen molar-refractivity contribution >= 4 is 21.5 Å². The summed E-state index contributed by atoms with van der Waals surface area (Å²) in [6, 6.07) is 81.1. The Labute approximate surface area is 366 Å². The number of hydrogen-bond acceptors (Lipinski definition) is 3. The number of rotatable bonds is 7. The lowest BCUT2D eigenvalue weighted by atomic mass is 9.67. The molecule has 0 amide bonds. The van der Waals surface area contributed by atoms with Gasteiger partial charge in [0.2, 0.25) is 0 Å². The second kappa shape index (κ2) is 15.0. The third kappa shape index (κ3) is 6.08. The lowest BCUT2D eigenvalue weighted by Gasteiger charge is -2.34. The van der Waals surface area contributed by atoms with Crippen molar-refractivity contribution in [1.29, 1.82) is 0 Å². The molecule has 0 aliphatic heterocycles. The van der Waals surface area contributed by atoms with Crippen molar-refractivity contribution in [2.24, 2.45) is 0 Å². The number of benzene rings is 9. The van der Waals surface area contributed by atoms with Gasteiger partial charge in [-0.15, -0.1) is 0 Å². The Balaban J connectivity index is 1.05. The third-order valence-electron chi connectivity index (χ3n) is 12.8. The molecule has 0 unspecified atom stereocenters. The molecule has 2 heterocycles. The van der Waals surface area contributed by atoms with E-state index in [1.807, 2.05) is 30.5 Å². The van der Waals surface area contributed by atoms with E-state index in [0.717, 1.165) is 44.6 Å². The third-order valence-corrected chi connectivity index (χ3v) is 12.8. The van der Waals surface area contributed by atoms with E-state index in [0.29, 0.717) is 5.82 Å². The first kappa shape index (κ1) is 36.6. The molecular weight excluding hydrogens is 763 g/mol. The Bertz CT molecular complexity index is 3450. The molecule has 0 spiro atoms. The van der Waals surface area contributed by atoms with Gasteiger partial charge in [-0.3, -0.25) is 4.98 Å². The zero-order valence-electron chi connectivity index (χ0n) is 34.4. The van der Waals surface area contributed by atoms with Gasteiger partial charge >= 0.3 is 0 Å². The number of aromatic nitrogens is 3. The highest BCUT2D eigenvalue weighted by Gasteiger charge is 2.46. The van der Waals surface area contributed by atoms with Crippen LogP contribution >= 0.6 is 0 Å². The summed E-state index contributed by atoms with van der Waals surface area (Å²) in [4.78, 5) is 14.8. The Morgan fingerprint density at radius 1 is 0.317 bits per heavy atom. The summed E-state index contributed by atoms with van der Waals surface area (Å²) in [5.74, 6) is 0.688. The number of fused-ring (bicyclic) bond motifs is 5. The fourth-order valence-corrected chi connectivity index (χ4v) is 9.96. The Morgan fingerprint density at radius 2 is 0.905 bits per heavy atom. The van der Waals surface area contributed by atoms with Crippen LogP contribution in [0.3, 0.4) is 0 Å². The predicted molar refractivity (Wildman–Crippen MR) is 259 cm³/mol. The van der Waals surface area contributed by atoms with Crippen molar-refractivity contribution in [1.82, 2.24) is 15.0 Å². The summed E-state index contributed by atoms with van der Waals surface area (Å²) in [5, 5.41) is 4.79. The first-order chi connectivity index (χ1) is 31.2. The molecule has 0 atom stereocenters. The molecule has 9 aromatic carbocycles. The van der Waals surface area contributed by atoms with E-state index in [-0.39, 0.29) is 0 Å². The van der Waals surface area contributed by atoms with E-state index in [1.54, 1.807) is 6.20 Å². The lowest BCUT2D eigenvalue weighted by molar-refractivity contribution is 0.769.